The average molecular weight is 244 g/mol. The number of ether oxygens (including phenoxy) is 1. The predicted molar refractivity (Wildman–Crippen MR) is 75.2 cm³/mol. The quantitative estimate of drug-likeness (QED) is 0.593. The highest BCUT2D eigenvalue weighted by Crippen LogP contribution is 2.07. The van der Waals surface area contributed by atoms with E-state index in [-0.39, 0.29) is 11.4 Å². The smallest absolute Gasteiger partial charge is 0.181 e. The van der Waals surface area contributed by atoms with Gasteiger partial charge in [0.05, 0.1) is 11.9 Å². The van der Waals surface area contributed by atoms with Crippen LogP contribution < -0.4 is 0 Å². The lowest BCUT2D eigenvalue weighted by Gasteiger charge is -2.17. The van der Waals surface area contributed by atoms with Crippen LogP contribution in [0.15, 0.2) is 42.7 Å². The van der Waals surface area contributed by atoms with Gasteiger partial charge in [0, 0.05) is 6.08 Å². The Kier molecular flexibility index (Phi) is 4.90. The Hall–Kier alpha value is -1.83. The molecule has 0 radical (unpaired) electrons. The molecule has 1 rings (SSSR count). The molecule has 0 aromatic heterocycles. The molecule has 18 heavy (non-hydrogen) atoms. The summed E-state index contributed by atoms with van der Waals surface area (Å²) >= 11 is 0. The van der Waals surface area contributed by atoms with E-state index in [1.54, 1.807) is 6.08 Å². The molecule has 96 valence electrons. The van der Waals surface area contributed by atoms with Crippen LogP contribution in [0.2, 0.25) is 0 Å². The number of hydrogen-bond donors (Lipinski definition) is 0. The maximum absolute atomic E-state index is 11.5. The minimum Gasteiger partial charge on any atom is -0.496 e. The van der Waals surface area contributed by atoms with Crippen LogP contribution in [0.5, 0.6) is 0 Å². The maximum Gasteiger partial charge on any atom is 0.181 e. The summed E-state index contributed by atoms with van der Waals surface area (Å²) in [6.07, 6.45) is 6.22. The predicted octanol–water partition coefficient (Wildman–Crippen LogP) is 3.91. The van der Waals surface area contributed by atoms with Crippen molar-refractivity contribution in [2.75, 3.05) is 0 Å². The van der Waals surface area contributed by atoms with Gasteiger partial charge in [0.25, 0.3) is 0 Å². The summed E-state index contributed by atoms with van der Waals surface area (Å²) in [5.74, 6) is -0.0826. The van der Waals surface area contributed by atoms with E-state index in [1.807, 2.05) is 52.0 Å². The van der Waals surface area contributed by atoms with Gasteiger partial charge in [-0.2, -0.15) is 0 Å². The Labute approximate surface area is 109 Å². The molecule has 0 spiro atoms. The topological polar surface area (TPSA) is 26.3 Å². The summed E-state index contributed by atoms with van der Waals surface area (Å²) < 4.78 is 5.34. The number of benzene rings is 1. The van der Waals surface area contributed by atoms with E-state index >= 15 is 0 Å². The first-order chi connectivity index (χ1) is 8.37. The normalized spacial score (nSPS) is 12.2. The van der Waals surface area contributed by atoms with Gasteiger partial charge in [-0.25, -0.2) is 0 Å². The van der Waals surface area contributed by atoms with Crippen LogP contribution in [-0.4, -0.2) is 11.4 Å². The Balaban J connectivity index is 2.55. The van der Waals surface area contributed by atoms with Crippen LogP contribution in [0.4, 0.5) is 0 Å². The van der Waals surface area contributed by atoms with E-state index in [9.17, 15) is 4.79 Å². The third-order valence-corrected chi connectivity index (χ3v) is 2.14. The number of hydrogen-bond acceptors (Lipinski definition) is 2. The highest BCUT2D eigenvalue weighted by molar-refractivity contribution is 6.01. The van der Waals surface area contributed by atoms with Crippen molar-refractivity contribution in [2.24, 2.45) is 0 Å². The second-order valence-electron chi connectivity index (χ2n) is 5.18. The number of aryl methyl sites for hydroxylation is 1. The van der Waals surface area contributed by atoms with E-state index in [0.29, 0.717) is 0 Å². The third-order valence-electron chi connectivity index (χ3n) is 2.14. The highest BCUT2D eigenvalue weighted by atomic mass is 16.5. The molecular formula is C16H20O2. The molecule has 2 nitrogen and oxygen atoms in total. The molecule has 0 aliphatic heterocycles. The summed E-state index contributed by atoms with van der Waals surface area (Å²) in [7, 11) is 0. The van der Waals surface area contributed by atoms with E-state index in [0.717, 1.165) is 5.56 Å². The number of allylic oxidation sites excluding steroid dienone is 2. The monoisotopic (exact) mass is 244 g/mol. The zero-order chi connectivity index (χ0) is 13.6. The molecule has 0 bridgehead atoms. The fraction of sp³-hybridized carbons (Fsp3) is 0.312. The van der Waals surface area contributed by atoms with Crippen LogP contribution in [0, 0.1) is 6.92 Å². The molecule has 1 aromatic carbocycles. The number of rotatable bonds is 4. The van der Waals surface area contributed by atoms with Gasteiger partial charge >= 0.3 is 0 Å². The lowest BCUT2D eigenvalue weighted by Crippen LogP contribution is -2.15. The van der Waals surface area contributed by atoms with Crippen LogP contribution in [0.1, 0.15) is 31.9 Å². The molecule has 0 unspecified atom stereocenters. The zero-order valence-corrected chi connectivity index (χ0v) is 11.4. The summed E-state index contributed by atoms with van der Waals surface area (Å²) in [6, 6.07) is 7.99. The van der Waals surface area contributed by atoms with Crippen molar-refractivity contribution in [3.05, 3.63) is 53.8 Å². The number of carbonyl (C=O) groups excluding carboxylic acids is 1. The third kappa shape index (κ3) is 6.04. The van der Waals surface area contributed by atoms with Crippen molar-refractivity contribution in [1.29, 1.82) is 0 Å². The molecule has 0 N–H and O–H groups in total. The SMILES string of the molecule is Cc1cccc(/C=C/C(=O)/C=C/OC(C)(C)C)c1. The molecule has 0 aliphatic carbocycles. The van der Waals surface area contributed by atoms with Gasteiger partial charge in [0.2, 0.25) is 0 Å². The second kappa shape index (κ2) is 6.20. The first-order valence-corrected chi connectivity index (χ1v) is 6.00. The average Bonchev–Trinajstić information content (AvgIpc) is 2.25. The van der Waals surface area contributed by atoms with Crippen molar-refractivity contribution in [3.63, 3.8) is 0 Å². The molecule has 0 aliphatic rings. The molecule has 0 saturated carbocycles. The van der Waals surface area contributed by atoms with Gasteiger partial charge in [-0.1, -0.05) is 35.9 Å². The van der Waals surface area contributed by atoms with E-state index < -0.39 is 0 Å². The summed E-state index contributed by atoms with van der Waals surface area (Å²) in [4.78, 5) is 11.5. The lowest BCUT2D eigenvalue weighted by atomic mass is 10.1. The minimum atomic E-state index is -0.267. The van der Waals surface area contributed by atoms with Gasteiger partial charge in [0.15, 0.2) is 5.78 Å². The van der Waals surface area contributed by atoms with E-state index in [4.69, 9.17) is 4.74 Å². The van der Waals surface area contributed by atoms with Crippen molar-refractivity contribution in [1.82, 2.24) is 0 Å². The van der Waals surface area contributed by atoms with Gasteiger partial charge in [-0.05, 0) is 39.3 Å². The first-order valence-electron chi connectivity index (χ1n) is 6.00. The first kappa shape index (κ1) is 14.2. The molecular weight excluding hydrogens is 224 g/mol. The molecule has 0 amide bonds. The Morgan fingerprint density at radius 1 is 1.22 bits per heavy atom. The summed E-state index contributed by atoms with van der Waals surface area (Å²) in [5.41, 5.74) is 1.93. The molecule has 0 heterocycles. The molecule has 2 heteroatoms. The summed E-state index contributed by atoms with van der Waals surface area (Å²) in [5, 5.41) is 0. The van der Waals surface area contributed by atoms with Crippen LogP contribution >= 0.6 is 0 Å². The van der Waals surface area contributed by atoms with Gasteiger partial charge in [0.1, 0.15) is 0 Å². The van der Waals surface area contributed by atoms with Crippen molar-refractivity contribution < 1.29 is 9.53 Å². The zero-order valence-electron chi connectivity index (χ0n) is 11.4. The summed E-state index contributed by atoms with van der Waals surface area (Å²) in [6.45, 7) is 7.83. The molecule has 1 aromatic rings. The maximum atomic E-state index is 11.5. The fourth-order valence-electron chi connectivity index (χ4n) is 1.31. The van der Waals surface area contributed by atoms with Crippen LogP contribution in [0.25, 0.3) is 6.08 Å². The minimum absolute atomic E-state index is 0.0826. The van der Waals surface area contributed by atoms with Crippen LogP contribution in [0.3, 0.4) is 0 Å². The largest absolute Gasteiger partial charge is 0.496 e. The lowest BCUT2D eigenvalue weighted by molar-refractivity contribution is -0.110. The number of ketones is 1. The Morgan fingerprint density at radius 3 is 2.56 bits per heavy atom. The molecule has 0 fully saturated rings. The van der Waals surface area contributed by atoms with Crippen molar-refractivity contribution in [2.45, 2.75) is 33.3 Å². The van der Waals surface area contributed by atoms with Crippen molar-refractivity contribution >= 4 is 11.9 Å². The second-order valence-corrected chi connectivity index (χ2v) is 5.18. The fourth-order valence-corrected chi connectivity index (χ4v) is 1.31. The highest BCUT2D eigenvalue weighted by Gasteiger charge is 2.07. The van der Waals surface area contributed by atoms with E-state index in [1.165, 1.54) is 24.0 Å². The van der Waals surface area contributed by atoms with Crippen LogP contribution in [-0.2, 0) is 9.53 Å². The van der Waals surface area contributed by atoms with Gasteiger partial charge in [-0.3, -0.25) is 4.79 Å². The molecule has 0 atom stereocenters. The Morgan fingerprint density at radius 2 is 1.94 bits per heavy atom. The van der Waals surface area contributed by atoms with Gasteiger partial charge < -0.3 is 4.74 Å². The standard InChI is InChI=1S/C16H20O2/c1-13-6-5-7-14(12-13)8-9-15(17)10-11-18-16(2,3)4/h5-12H,1-4H3/b9-8+,11-10+. The Bertz CT molecular complexity index is 462. The molecule has 0 saturated heterocycles. The van der Waals surface area contributed by atoms with Crippen molar-refractivity contribution in [3.8, 4) is 0 Å². The number of carbonyl (C=O) groups is 1. The van der Waals surface area contributed by atoms with Gasteiger partial charge in [-0.15, -0.1) is 0 Å². The van der Waals surface area contributed by atoms with E-state index in [2.05, 4.69) is 0 Å².